The van der Waals surface area contributed by atoms with Gasteiger partial charge in [-0.15, -0.1) is 6.58 Å². The first kappa shape index (κ1) is 8.66. The van der Waals surface area contributed by atoms with E-state index in [-0.39, 0.29) is 0 Å². The molecule has 0 aliphatic carbocycles. The lowest BCUT2D eigenvalue weighted by Crippen LogP contribution is -2.19. The fraction of sp³-hybridized carbons (Fsp3) is 0.714. The van der Waals surface area contributed by atoms with Crippen LogP contribution in [0, 0.1) is 0 Å². The monoisotopic (exact) mass is 129 g/mol. The van der Waals surface area contributed by atoms with Crippen molar-refractivity contribution in [1.82, 2.24) is 5.06 Å². The second-order valence-corrected chi connectivity index (χ2v) is 1.85. The van der Waals surface area contributed by atoms with Crippen LogP contribution in [0.1, 0.15) is 13.3 Å². The van der Waals surface area contributed by atoms with Crippen molar-refractivity contribution < 1.29 is 4.84 Å². The van der Waals surface area contributed by atoms with Crippen LogP contribution in [0.5, 0.6) is 0 Å². The van der Waals surface area contributed by atoms with Gasteiger partial charge in [-0.2, -0.15) is 5.06 Å². The summed E-state index contributed by atoms with van der Waals surface area (Å²) >= 11 is 0. The summed E-state index contributed by atoms with van der Waals surface area (Å²) in [6.07, 6.45) is 2.87. The van der Waals surface area contributed by atoms with Gasteiger partial charge in [-0.1, -0.05) is 6.08 Å². The largest absolute Gasteiger partial charge is 0.300 e. The van der Waals surface area contributed by atoms with E-state index < -0.39 is 0 Å². The third-order valence-electron chi connectivity index (χ3n) is 0.998. The minimum atomic E-state index is 0.744. The molecular formula is C7H15NO. The molecule has 0 saturated carbocycles. The van der Waals surface area contributed by atoms with Crippen LogP contribution in [-0.2, 0) is 4.84 Å². The number of rotatable bonds is 5. The molecule has 0 radical (unpaired) electrons. The van der Waals surface area contributed by atoms with Crippen molar-refractivity contribution in [3.63, 3.8) is 0 Å². The van der Waals surface area contributed by atoms with Crippen LogP contribution in [0.25, 0.3) is 0 Å². The predicted molar refractivity (Wildman–Crippen MR) is 39.1 cm³/mol. The average Bonchev–Trinajstić information content (AvgIpc) is 1.85. The SMILES string of the molecule is C=CCCN(C)OCC. The smallest absolute Gasteiger partial charge is 0.0656 e. The maximum Gasteiger partial charge on any atom is 0.0656 e. The van der Waals surface area contributed by atoms with E-state index in [0.29, 0.717) is 0 Å². The van der Waals surface area contributed by atoms with E-state index in [2.05, 4.69) is 6.58 Å². The highest BCUT2D eigenvalue weighted by atomic mass is 16.7. The van der Waals surface area contributed by atoms with Gasteiger partial charge < -0.3 is 0 Å². The second-order valence-electron chi connectivity index (χ2n) is 1.85. The van der Waals surface area contributed by atoms with Crippen molar-refractivity contribution in [2.75, 3.05) is 20.2 Å². The van der Waals surface area contributed by atoms with Gasteiger partial charge in [-0.05, 0) is 13.3 Å². The van der Waals surface area contributed by atoms with Crippen LogP contribution in [0.15, 0.2) is 12.7 Å². The summed E-state index contributed by atoms with van der Waals surface area (Å²) < 4.78 is 0. The molecule has 0 atom stereocenters. The molecule has 0 unspecified atom stereocenters. The van der Waals surface area contributed by atoms with Gasteiger partial charge in [0.25, 0.3) is 0 Å². The van der Waals surface area contributed by atoms with Crippen molar-refractivity contribution in [1.29, 1.82) is 0 Å². The molecule has 0 bridgehead atoms. The summed E-state index contributed by atoms with van der Waals surface area (Å²) in [7, 11) is 1.92. The molecule has 0 aromatic heterocycles. The molecule has 9 heavy (non-hydrogen) atoms. The molecule has 0 N–H and O–H groups in total. The van der Waals surface area contributed by atoms with Crippen LogP contribution >= 0.6 is 0 Å². The molecule has 0 amide bonds. The Hall–Kier alpha value is -0.340. The Morgan fingerprint density at radius 1 is 1.67 bits per heavy atom. The molecule has 0 spiro atoms. The molecule has 0 saturated heterocycles. The summed E-state index contributed by atoms with van der Waals surface area (Å²) in [5.74, 6) is 0. The van der Waals surface area contributed by atoms with Gasteiger partial charge >= 0.3 is 0 Å². The summed E-state index contributed by atoms with van der Waals surface area (Å²) in [5, 5.41) is 1.82. The van der Waals surface area contributed by atoms with Crippen LogP contribution in [0.3, 0.4) is 0 Å². The van der Waals surface area contributed by atoms with Gasteiger partial charge in [0.2, 0.25) is 0 Å². The van der Waals surface area contributed by atoms with Gasteiger partial charge in [0, 0.05) is 13.6 Å². The van der Waals surface area contributed by atoms with Gasteiger partial charge in [0.1, 0.15) is 0 Å². The zero-order chi connectivity index (χ0) is 7.11. The highest BCUT2D eigenvalue weighted by Gasteiger charge is 1.91. The molecule has 0 rings (SSSR count). The normalized spacial score (nSPS) is 10.1. The number of hydrogen-bond donors (Lipinski definition) is 0. The van der Waals surface area contributed by atoms with Crippen LogP contribution < -0.4 is 0 Å². The Labute approximate surface area is 57.1 Å². The standard InChI is InChI=1S/C7H15NO/c1-4-6-7-8(3)9-5-2/h4H,1,5-7H2,2-3H3. The van der Waals surface area contributed by atoms with Crippen molar-refractivity contribution in [2.45, 2.75) is 13.3 Å². The highest BCUT2D eigenvalue weighted by molar-refractivity contribution is 4.66. The topological polar surface area (TPSA) is 12.5 Å². The van der Waals surface area contributed by atoms with E-state index in [4.69, 9.17) is 4.84 Å². The molecule has 0 fully saturated rings. The summed E-state index contributed by atoms with van der Waals surface area (Å²) in [5.41, 5.74) is 0. The van der Waals surface area contributed by atoms with Gasteiger partial charge in [0.05, 0.1) is 6.61 Å². The molecule has 0 aliphatic rings. The maximum absolute atomic E-state index is 5.13. The molecule has 0 aromatic carbocycles. The van der Waals surface area contributed by atoms with Crippen molar-refractivity contribution >= 4 is 0 Å². The van der Waals surface area contributed by atoms with Gasteiger partial charge in [-0.25, -0.2) is 0 Å². The average molecular weight is 129 g/mol. The number of nitrogens with zero attached hydrogens (tertiary/aromatic N) is 1. The van der Waals surface area contributed by atoms with Crippen LogP contribution in [0.2, 0.25) is 0 Å². The minimum Gasteiger partial charge on any atom is -0.300 e. The van der Waals surface area contributed by atoms with Crippen LogP contribution in [0.4, 0.5) is 0 Å². The zero-order valence-electron chi connectivity index (χ0n) is 6.26. The lowest BCUT2D eigenvalue weighted by Gasteiger charge is -2.13. The Morgan fingerprint density at radius 2 is 2.33 bits per heavy atom. The fourth-order valence-electron chi connectivity index (χ4n) is 0.558. The lowest BCUT2D eigenvalue weighted by atomic mass is 10.4. The Morgan fingerprint density at radius 3 is 2.78 bits per heavy atom. The Kier molecular flexibility index (Phi) is 5.57. The first-order chi connectivity index (χ1) is 4.31. The van der Waals surface area contributed by atoms with E-state index in [0.717, 1.165) is 19.6 Å². The molecule has 0 aromatic rings. The summed E-state index contributed by atoms with van der Waals surface area (Å²) in [4.78, 5) is 5.13. The first-order valence-corrected chi connectivity index (χ1v) is 3.26. The molecule has 0 heterocycles. The van der Waals surface area contributed by atoms with Gasteiger partial charge in [-0.3, -0.25) is 4.84 Å². The Balaban J connectivity index is 3.04. The lowest BCUT2D eigenvalue weighted by molar-refractivity contribution is -0.133. The van der Waals surface area contributed by atoms with Crippen LogP contribution in [-0.4, -0.2) is 25.3 Å². The molecule has 2 nitrogen and oxygen atoms in total. The van der Waals surface area contributed by atoms with Crippen molar-refractivity contribution in [2.24, 2.45) is 0 Å². The zero-order valence-corrected chi connectivity index (χ0v) is 6.26. The minimum absolute atomic E-state index is 0.744. The number of hydrogen-bond acceptors (Lipinski definition) is 2. The van der Waals surface area contributed by atoms with Crippen molar-refractivity contribution in [3.8, 4) is 0 Å². The molecule has 0 aliphatic heterocycles. The van der Waals surface area contributed by atoms with E-state index >= 15 is 0 Å². The Bertz CT molecular complexity index is 73.3. The second kappa shape index (κ2) is 5.79. The number of hydroxylamine groups is 2. The predicted octanol–water partition coefficient (Wildman–Crippen LogP) is 1.45. The summed E-state index contributed by atoms with van der Waals surface area (Å²) in [6.45, 7) is 7.26. The molecular weight excluding hydrogens is 114 g/mol. The first-order valence-electron chi connectivity index (χ1n) is 3.26. The fourth-order valence-corrected chi connectivity index (χ4v) is 0.558. The third-order valence-corrected chi connectivity index (χ3v) is 0.998. The van der Waals surface area contributed by atoms with Crippen molar-refractivity contribution in [3.05, 3.63) is 12.7 Å². The van der Waals surface area contributed by atoms with E-state index in [1.165, 1.54) is 0 Å². The molecule has 54 valence electrons. The maximum atomic E-state index is 5.13. The summed E-state index contributed by atoms with van der Waals surface area (Å²) in [6, 6.07) is 0. The molecule has 2 heteroatoms. The van der Waals surface area contributed by atoms with E-state index in [9.17, 15) is 0 Å². The quantitative estimate of drug-likeness (QED) is 0.411. The van der Waals surface area contributed by atoms with E-state index in [1.807, 2.05) is 25.1 Å². The third kappa shape index (κ3) is 5.53. The van der Waals surface area contributed by atoms with Gasteiger partial charge in [0.15, 0.2) is 0 Å². The van der Waals surface area contributed by atoms with E-state index in [1.54, 1.807) is 0 Å². The highest BCUT2D eigenvalue weighted by Crippen LogP contribution is 1.87.